The van der Waals surface area contributed by atoms with Crippen molar-refractivity contribution >= 4 is 31.7 Å². The molecule has 5 aromatic rings. The Kier molecular flexibility index (Phi) is 5.04. The van der Waals surface area contributed by atoms with Crippen LogP contribution in [0.25, 0.3) is 43.8 Å². The molecule has 164 valence electrons. The van der Waals surface area contributed by atoms with E-state index in [0.29, 0.717) is 5.56 Å². The average molecular weight is 457 g/mol. The topological polar surface area (TPSA) is 83.8 Å². The molecule has 0 aliphatic heterocycles. The van der Waals surface area contributed by atoms with Crippen molar-refractivity contribution in [3.05, 3.63) is 91.0 Å². The van der Waals surface area contributed by atoms with Crippen molar-refractivity contribution in [2.75, 3.05) is 7.11 Å². The largest absolute Gasteiger partial charge is 0.506 e. The van der Waals surface area contributed by atoms with Crippen LogP contribution < -0.4 is 4.74 Å². The first-order valence-electron chi connectivity index (χ1n) is 10.3. The molecule has 0 bridgehead atoms. The third kappa shape index (κ3) is 3.40. The normalized spacial score (nSPS) is 11.7. The van der Waals surface area contributed by atoms with E-state index < -0.39 is 20.8 Å². The molecule has 0 saturated carbocycles. The zero-order valence-corrected chi connectivity index (χ0v) is 18.5. The zero-order valence-electron chi connectivity index (χ0n) is 17.7. The lowest BCUT2D eigenvalue weighted by atomic mass is 9.86. The number of ether oxygens (including phenoxy) is 1. The molecule has 0 aliphatic rings. The van der Waals surface area contributed by atoms with Gasteiger partial charge >= 0.3 is 10.1 Å². The number of methoxy groups -OCH3 is 1. The van der Waals surface area contributed by atoms with E-state index in [4.69, 9.17) is 4.74 Å². The van der Waals surface area contributed by atoms with Gasteiger partial charge in [-0.2, -0.15) is 8.42 Å². The highest BCUT2D eigenvalue weighted by Crippen LogP contribution is 2.48. The Balaban J connectivity index is 1.99. The average Bonchev–Trinajstić information content (AvgIpc) is 2.82. The number of aromatic hydroxyl groups is 1. The van der Waals surface area contributed by atoms with Gasteiger partial charge in [0.25, 0.3) is 0 Å². The molecule has 5 aromatic carbocycles. The smallest absolute Gasteiger partial charge is 0.301 e. The molecule has 0 aromatic heterocycles. The molecular weight excluding hydrogens is 436 g/mol. The number of fused-ring (bicyclic) bond motifs is 2. The van der Waals surface area contributed by atoms with Crippen molar-refractivity contribution in [2.45, 2.75) is 4.90 Å². The molecule has 0 heterocycles. The van der Waals surface area contributed by atoms with Crippen molar-refractivity contribution in [3.8, 4) is 33.8 Å². The summed E-state index contributed by atoms with van der Waals surface area (Å²) in [5, 5.41) is 14.7. The maximum atomic E-state index is 12.1. The van der Waals surface area contributed by atoms with Gasteiger partial charge in [-0.05, 0) is 44.8 Å². The lowest BCUT2D eigenvalue weighted by Gasteiger charge is -2.19. The van der Waals surface area contributed by atoms with Crippen LogP contribution in [0.15, 0.2) is 95.9 Å². The SMILES string of the molecule is COc1ccc(-c2c3ccccc3c(-c3ccccc3)c3ccccc23)c(O)c1S(=O)(=O)O. The number of hydrogen-bond acceptors (Lipinski definition) is 4. The maximum Gasteiger partial charge on any atom is 0.301 e. The van der Waals surface area contributed by atoms with Crippen LogP contribution in [0.4, 0.5) is 0 Å². The molecule has 0 radical (unpaired) electrons. The second kappa shape index (κ2) is 7.92. The Hall–Kier alpha value is -3.87. The van der Waals surface area contributed by atoms with Crippen LogP contribution in [0.1, 0.15) is 0 Å². The molecule has 5 rings (SSSR count). The highest BCUT2D eigenvalue weighted by Gasteiger charge is 2.27. The van der Waals surface area contributed by atoms with E-state index in [2.05, 4.69) is 12.1 Å². The highest BCUT2D eigenvalue weighted by atomic mass is 32.2. The molecule has 0 atom stereocenters. The van der Waals surface area contributed by atoms with Gasteiger partial charge in [0.1, 0.15) is 11.5 Å². The van der Waals surface area contributed by atoms with Gasteiger partial charge in [-0.3, -0.25) is 4.55 Å². The first kappa shape index (κ1) is 21.0. The number of rotatable bonds is 4. The van der Waals surface area contributed by atoms with E-state index in [9.17, 15) is 18.1 Å². The van der Waals surface area contributed by atoms with Crippen LogP contribution in [0.5, 0.6) is 11.5 Å². The summed E-state index contributed by atoms with van der Waals surface area (Å²) in [7, 11) is -3.46. The second-order valence-corrected chi connectivity index (χ2v) is 9.03. The van der Waals surface area contributed by atoms with E-state index in [0.717, 1.165) is 32.7 Å². The van der Waals surface area contributed by atoms with Crippen molar-refractivity contribution in [1.82, 2.24) is 0 Å². The third-order valence-electron chi connectivity index (χ3n) is 5.84. The van der Waals surface area contributed by atoms with Crippen molar-refractivity contribution in [2.24, 2.45) is 0 Å². The lowest BCUT2D eigenvalue weighted by Crippen LogP contribution is -2.03. The van der Waals surface area contributed by atoms with Gasteiger partial charge in [-0.1, -0.05) is 78.9 Å². The molecule has 6 heteroatoms. The van der Waals surface area contributed by atoms with Crippen molar-refractivity contribution in [1.29, 1.82) is 0 Å². The Morgan fingerprint density at radius 2 is 1.15 bits per heavy atom. The van der Waals surface area contributed by atoms with Crippen LogP contribution in [0, 0.1) is 0 Å². The monoisotopic (exact) mass is 456 g/mol. The van der Waals surface area contributed by atoms with Gasteiger partial charge in [-0.25, -0.2) is 0 Å². The van der Waals surface area contributed by atoms with Crippen LogP contribution >= 0.6 is 0 Å². The summed E-state index contributed by atoms with van der Waals surface area (Å²) in [4.78, 5) is -0.650. The first-order chi connectivity index (χ1) is 15.9. The van der Waals surface area contributed by atoms with E-state index in [1.165, 1.54) is 13.2 Å². The molecule has 2 N–H and O–H groups in total. The molecule has 0 spiro atoms. The first-order valence-corrected chi connectivity index (χ1v) is 11.7. The molecular formula is C27H20O5S. The van der Waals surface area contributed by atoms with E-state index in [-0.39, 0.29) is 11.3 Å². The minimum Gasteiger partial charge on any atom is -0.506 e. The maximum absolute atomic E-state index is 12.1. The molecule has 33 heavy (non-hydrogen) atoms. The second-order valence-electron chi connectivity index (χ2n) is 7.68. The minimum absolute atomic E-state index is 0.131. The Bertz CT molecular complexity index is 1570. The highest BCUT2D eigenvalue weighted by molar-refractivity contribution is 7.86. The predicted molar refractivity (Wildman–Crippen MR) is 130 cm³/mol. The van der Waals surface area contributed by atoms with Gasteiger partial charge < -0.3 is 9.84 Å². The van der Waals surface area contributed by atoms with Gasteiger partial charge in [0.2, 0.25) is 0 Å². The van der Waals surface area contributed by atoms with Crippen LogP contribution in [-0.4, -0.2) is 25.2 Å². The summed E-state index contributed by atoms with van der Waals surface area (Å²) >= 11 is 0. The van der Waals surface area contributed by atoms with Crippen LogP contribution in [-0.2, 0) is 10.1 Å². The Morgan fingerprint density at radius 3 is 1.64 bits per heavy atom. The van der Waals surface area contributed by atoms with Crippen molar-refractivity contribution < 1.29 is 22.8 Å². The fourth-order valence-electron chi connectivity index (χ4n) is 4.50. The van der Waals surface area contributed by atoms with Crippen LogP contribution in [0.3, 0.4) is 0 Å². The molecule has 0 amide bonds. The third-order valence-corrected chi connectivity index (χ3v) is 6.75. The van der Waals surface area contributed by atoms with E-state index >= 15 is 0 Å². The Morgan fingerprint density at radius 1 is 0.667 bits per heavy atom. The number of hydrogen-bond donors (Lipinski definition) is 2. The number of phenolic OH excluding ortho intramolecular Hbond substituents is 1. The van der Waals surface area contributed by atoms with E-state index in [1.807, 2.05) is 66.7 Å². The van der Waals surface area contributed by atoms with E-state index in [1.54, 1.807) is 6.07 Å². The number of benzene rings is 5. The van der Waals surface area contributed by atoms with Gasteiger partial charge in [0, 0.05) is 11.1 Å². The zero-order chi connectivity index (χ0) is 23.2. The summed E-state index contributed by atoms with van der Waals surface area (Å²) in [5.74, 6) is -0.687. The van der Waals surface area contributed by atoms with Crippen molar-refractivity contribution in [3.63, 3.8) is 0 Å². The molecule has 5 nitrogen and oxygen atoms in total. The molecule has 0 unspecified atom stereocenters. The van der Waals surface area contributed by atoms with Gasteiger partial charge in [0.05, 0.1) is 7.11 Å². The molecule has 0 saturated heterocycles. The summed E-state index contributed by atoms with van der Waals surface area (Å²) < 4.78 is 39.1. The van der Waals surface area contributed by atoms with Crippen LogP contribution in [0.2, 0.25) is 0 Å². The summed E-state index contributed by atoms with van der Waals surface area (Å²) in [5.41, 5.74) is 3.06. The fourth-order valence-corrected chi connectivity index (χ4v) is 5.26. The summed E-state index contributed by atoms with van der Waals surface area (Å²) in [6.07, 6.45) is 0. The molecule has 0 aliphatic carbocycles. The minimum atomic E-state index is -4.74. The lowest BCUT2D eigenvalue weighted by molar-refractivity contribution is 0.382. The van der Waals surface area contributed by atoms with Gasteiger partial charge in [0.15, 0.2) is 4.90 Å². The fraction of sp³-hybridized carbons (Fsp3) is 0.0370. The summed E-state index contributed by atoms with van der Waals surface area (Å²) in [6.45, 7) is 0. The predicted octanol–water partition coefficient (Wildman–Crippen LogP) is 6.29. The van der Waals surface area contributed by atoms with Gasteiger partial charge in [-0.15, -0.1) is 0 Å². The standard InChI is InChI=1S/C27H20O5S/c1-32-23-16-15-22(26(28)27(23)33(29,30)31)25-20-13-7-5-11-18(20)24(17-9-3-2-4-10-17)19-12-6-8-14-21(19)25/h2-16,28H,1H3,(H,29,30,31). The Labute approximate surface area is 191 Å². The molecule has 0 fully saturated rings. The quantitative estimate of drug-likeness (QED) is 0.245. The summed E-state index contributed by atoms with van der Waals surface area (Å²) in [6, 6.07) is 28.7. The number of phenols is 1.